The van der Waals surface area contributed by atoms with Gasteiger partial charge in [-0.25, -0.2) is 18.7 Å². The number of amides is 1. The van der Waals surface area contributed by atoms with Crippen molar-refractivity contribution in [3.05, 3.63) is 66.7 Å². The molecule has 1 N–H and O–H groups in total. The second kappa shape index (κ2) is 8.61. The maximum absolute atomic E-state index is 13.6. The van der Waals surface area contributed by atoms with Crippen LogP contribution in [0.5, 0.6) is 0 Å². The first-order valence-electron chi connectivity index (χ1n) is 11.7. The Kier molecular flexibility index (Phi) is 5.28. The fourth-order valence-corrected chi connectivity index (χ4v) is 4.92. The lowest BCUT2D eigenvalue weighted by Crippen LogP contribution is -2.39. The number of halogens is 1. The third kappa shape index (κ3) is 4.27. The third-order valence-corrected chi connectivity index (χ3v) is 6.83. The molecule has 4 heterocycles. The lowest BCUT2D eigenvalue weighted by Gasteiger charge is -2.35. The van der Waals surface area contributed by atoms with Crippen molar-refractivity contribution in [2.45, 2.75) is 31.3 Å². The van der Waals surface area contributed by atoms with Crippen LogP contribution in [0.2, 0.25) is 0 Å². The molecule has 1 saturated heterocycles. The van der Waals surface area contributed by atoms with Crippen LogP contribution in [0.4, 0.5) is 20.8 Å². The standard InChI is InChI=1S/C25H24FN7O2/c26-19-4-1-3-18(13-19)20-15-33-22(29-20)7-6-21(31-33)27-14-17-8-10-25(11-9-17)16-32(24(34)35-25)23-5-2-12-28-30-23/h1-7,12-13,15,17H,8-11,14,16H2,(H,27,31). The maximum atomic E-state index is 13.6. The molecule has 10 heteroatoms. The fraction of sp³-hybridized carbons (Fsp3) is 0.320. The van der Waals surface area contributed by atoms with E-state index in [0.29, 0.717) is 35.2 Å². The number of rotatable bonds is 5. The number of benzene rings is 1. The largest absolute Gasteiger partial charge is 0.441 e. The van der Waals surface area contributed by atoms with Gasteiger partial charge in [0.25, 0.3) is 0 Å². The molecule has 35 heavy (non-hydrogen) atoms. The van der Waals surface area contributed by atoms with Gasteiger partial charge in [-0.15, -0.1) is 10.2 Å². The van der Waals surface area contributed by atoms with Gasteiger partial charge in [-0.3, -0.25) is 4.90 Å². The molecule has 0 atom stereocenters. The van der Waals surface area contributed by atoms with Gasteiger partial charge in [-0.1, -0.05) is 12.1 Å². The van der Waals surface area contributed by atoms with Crippen LogP contribution in [0, 0.1) is 11.7 Å². The minimum Gasteiger partial charge on any atom is -0.441 e. The Morgan fingerprint density at radius 2 is 2.03 bits per heavy atom. The van der Waals surface area contributed by atoms with Crippen LogP contribution in [0.25, 0.3) is 16.9 Å². The molecule has 6 rings (SSSR count). The van der Waals surface area contributed by atoms with E-state index in [2.05, 4.69) is 25.6 Å². The Hall–Kier alpha value is -4.08. The molecule has 1 amide bonds. The first-order chi connectivity index (χ1) is 17.1. The lowest BCUT2D eigenvalue weighted by molar-refractivity contribution is 0.0148. The molecule has 0 unspecified atom stereocenters. The summed E-state index contributed by atoms with van der Waals surface area (Å²) in [5.41, 5.74) is 1.64. The molecule has 3 aromatic heterocycles. The predicted octanol–water partition coefficient (Wildman–Crippen LogP) is 4.32. The van der Waals surface area contributed by atoms with Crippen molar-refractivity contribution in [3.63, 3.8) is 0 Å². The number of carbonyl (C=O) groups excluding carboxylic acids is 1. The zero-order chi connectivity index (χ0) is 23.8. The summed E-state index contributed by atoms with van der Waals surface area (Å²) in [6.07, 6.45) is 6.56. The number of ether oxygens (including phenoxy) is 1. The van der Waals surface area contributed by atoms with E-state index in [0.717, 1.165) is 38.0 Å². The summed E-state index contributed by atoms with van der Waals surface area (Å²) in [7, 11) is 0. The summed E-state index contributed by atoms with van der Waals surface area (Å²) in [5.74, 6) is 1.44. The van der Waals surface area contributed by atoms with Crippen LogP contribution in [-0.2, 0) is 4.74 Å². The molecule has 0 radical (unpaired) electrons. The van der Waals surface area contributed by atoms with E-state index in [4.69, 9.17) is 4.74 Å². The molecule has 178 valence electrons. The summed E-state index contributed by atoms with van der Waals surface area (Å²) in [6.45, 7) is 1.29. The van der Waals surface area contributed by atoms with Crippen molar-refractivity contribution < 1.29 is 13.9 Å². The summed E-state index contributed by atoms with van der Waals surface area (Å²) in [4.78, 5) is 18.6. The van der Waals surface area contributed by atoms with E-state index in [1.54, 1.807) is 40.0 Å². The van der Waals surface area contributed by atoms with E-state index < -0.39 is 5.60 Å². The van der Waals surface area contributed by atoms with Crippen molar-refractivity contribution >= 4 is 23.4 Å². The molecule has 2 aliphatic rings. The number of hydrogen-bond acceptors (Lipinski definition) is 7. The van der Waals surface area contributed by atoms with Crippen LogP contribution in [0.15, 0.2) is 60.9 Å². The van der Waals surface area contributed by atoms with Gasteiger partial charge in [0.1, 0.15) is 17.2 Å². The van der Waals surface area contributed by atoms with E-state index in [-0.39, 0.29) is 11.9 Å². The molecule has 1 spiro atoms. The first-order valence-corrected chi connectivity index (χ1v) is 11.7. The summed E-state index contributed by atoms with van der Waals surface area (Å²) in [5, 5.41) is 16.0. The van der Waals surface area contributed by atoms with Crippen LogP contribution in [0.1, 0.15) is 25.7 Å². The Balaban J connectivity index is 1.07. The normalized spacial score (nSPS) is 22.0. The van der Waals surface area contributed by atoms with Gasteiger partial charge in [-0.05, 0) is 68.0 Å². The Labute approximate surface area is 201 Å². The van der Waals surface area contributed by atoms with Crippen molar-refractivity contribution in [3.8, 4) is 11.3 Å². The van der Waals surface area contributed by atoms with Gasteiger partial charge in [0.05, 0.1) is 18.4 Å². The number of hydrogen-bond donors (Lipinski definition) is 1. The number of nitrogens with zero attached hydrogens (tertiary/aromatic N) is 6. The van der Waals surface area contributed by atoms with E-state index in [9.17, 15) is 9.18 Å². The lowest BCUT2D eigenvalue weighted by atomic mass is 9.78. The van der Waals surface area contributed by atoms with Gasteiger partial charge in [0.2, 0.25) is 0 Å². The summed E-state index contributed by atoms with van der Waals surface area (Å²) < 4.78 is 21.1. The predicted molar refractivity (Wildman–Crippen MR) is 127 cm³/mol. The average molecular weight is 474 g/mol. The topological polar surface area (TPSA) is 97.5 Å². The van der Waals surface area contributed by atoms with Crippen molar-refractivity contribution in [2.75, 3.05) is 23.3 Å². The van der Waals surface area contributed by atoms with E-state index in [1.165, 1.54) is 12.1 Å². The van der Waals surface area contributed by atoms with Crippen molar-refractivity contribution in [1.29, 1.82) is 0 Å². The van der Waals surface area contributed by atoms with Crippen LogP contribution in [-0.4, -0.2) is 49.6 Å². The van der Waals surface area contributed by atoms with Gasteiger partial charge in [0, 0.05) is 18.3 Å². The molecular weight excluding hydrogens is 449 g/mol. The van der Waals surface area contributed by atoms with Gasteiger partial charge in [-0.2, -0.15) is 5.10 Å². The quantitative estimate of drug-likeness (QED) is 0.461. The number of nitrogens with one attached hydrogen (secondary N) is 1. The second-order valence-electron chi connectivity index (χ2n) is 9.20. The highest BCUT2D eigenvalue weighted by atomic mass is 19.1. The molecule has 1 aliphatic carbocycles. The van der Waals surface area contributed by atoms with Gasteiger partial charge in [0.15, 0.2) is 11.5 Å². The third-order valence-electron chi connectivity index (χ3n) is 6.83. The number of anilines is 2. The molecule has 2 fully saturated rings. The van der Waals surface area contributed by atoms with Crippen LogP contribution < -0.4 is 10.2 Å². The Morgan fingerprint density at radius 1 is 1.14 bits per heavy atom. The molecule has 4 aromatic rings. The summed E-state index contributed by atoms with van der Waals surface area (Å²) in [6, 6.07) is 13.7. The Morgan fingerprint density at radius 3 is 2.83 bits per heavy atom. The first kappa shape index (κ1) is 21.5. The highest BCUT2D eigenvalue weighted by molar-refractivity contribution is 5.89. The van der Waals surface area contributed by atoms with Gasteiger partial charge >= 0.3 is 6.09 Å². The number of fused-ring (bicyclic) bond motifs is 1. The van der Waals surface area contributed by atoms with E-state index in [1.807, 2.05) is 18.2 Å². The number of aromatic nitrogens is 5. The number of imidazole rings is 1. The molecule has 1 aliphatic heterocycles. The van der Waals surface area contributed by atoms with Crippen LogP contribution in [0.3, 0.4) is 0 Å². The van der Waals surface area contributed by atoms with Crippen molar-refractivity contribution in [2.24, 2.45) is 5.92 Å². The van der Waals surface area contributed by atoms with E-state index >= 15 is 0 Å². The molecule has 0 bridgehead atoms. The fourth-order valence-electron chi connectivity index (χ4n) is 4.92. The zero-order valence-corrected chi connectivity index (χ0v) is 19.0. The average Bonchev–Trinajstić information content (AvgIpc) is 3.45. The second-order valence-corrected chi connectivity index (χ2v) is 9.20. The molecule has 9 nitrogen and oxygen atoms in total. The number of carbonyl (C=O) groups is 1. The van der Waals surface area contributed by atoms with Crippen molar-refractivity contribution in [1.82, 2.24) is 24.8 Å². The molecule has 1 saturated carbocycles. The molecular formula is C25H24FN7O2. The zero-order valence-electron chi connectivity index (χ0n) is 19.0. The SMILES string of the molecule is O=C1OC2(CCC(CNc3ccc4nc(-c5cccc(F)c5)cn4n3)CC2)CN1c1cccnn1. The monoisotopic (exact) mass is 473 g/mol. The maximum Gasteiger partial charge on any atom is 0.416 e. The smallest absolute Gasteiger partial charge is 0.416 e. The minimum atomic E-state index is -0.452. The highest BCUT2D eigenvalue weighted by Crippen LogP contribution is 2.40. The summed E-state index contributed by atoms with van der Waals surface area (Å²) >= 11 is 0. The highest BCUT2D eigenvalue weighted by Gasteiger charge is 2.48. The Bertz CT molecular complexity index is 1370. The molecule has 1 aromatic carbocycles. The van der Waals surface area contributed by atoms with Gasteiger partial charge < -0.3 is 10.1 Å². The minimum absolute atomic E-state index is 0.294. The van der Waals surface area contributed by atoms with Crippen LogP contribution >= 0.6 is 0 Å².